The fourth-order valence-corrected chi connectivity index (χ4v) is 4.93. The zero-order valence-corrected chi connectivity index (χ0v) is 20.7. The molecule has 3 aromatic rings. The molecule has 1 saturated heterocycles. The van der Waals surface area contributed by atoms with Crippen LogP contribution in [0.25, 0.3) is 0 Å². The van der Waals surface area contributed by atoms with Gasteiger partial charge >= 0.3 is 5.97 Å². The molecule has 0 aliphatic carbocycles. The summed E-state index contributed by atoms with van der Waals surface area (Å²) in [5.41, 5.74) is 0.390. The first-order chi connectivity index (χ1) is 16.6. The van der Waals surface area contributed by atoms with Crippen LogP contribution in [-0.2, 0) is 17.8 Å². The minimum atomic E-state index is -1.19. The number of aryl methyl sites for hydroxylation is 1. The van der Waals surface area contributed by atoms with Crippen molar-refractivity contribution in [1.29, 1.82) is 0 Å². The fraction of sp³-hybridized carbons (Fsp3) is 0.375. The molecule has 1 aliphatic rings. The number of nitrogens with one attached hydrogen (secondary N) is 2. The molecule has 35 heavy (non-hydrogen) atoms. The first-order valence-electron chi connectivity index (χ1n) is 11.1. The lowest BCUT2D eigenvalue weighted by Crippen LogP contribution is -2.49. The van der Waals surface area contributed by atoms with Crippen LogP contribution in [0.1, 0.15) is 36.7 Å². The molecule has 1 fully saturated rings. The minimum absolute atomic E-state index is 0.0527. The van der Waals surface area contributed by atoms with Gasteiger partial charge in [-0.1, -0.05) is 23.2 Å². The lowest BCUT2D eigenvalue weighted by molar-refractivity contribution is -0.153. The summed E-state index contributed by atoms with van der Waals surface area (Å²) in [5, 5.41) is 20.1. The largest absolute Gasteiger partial charge is 0.481 e. The van der Waals surface area contributed by atoms with Gasteiger partial charge in [0.1, 0.15) is 17.5 Å². The molecule has 1 aliphatic heterocycles. The average Bonchev–Trinajstić information content (AvgIpc) is 3.20. The van der Waals surface area contributed by atoms with Crippen molar-refractivity contribution >= 4 is 40.8 Å². The van der Waals surface area contributed by atoms with E-state index in [1.54, 1.807) is 12.1 Å². The molecule has 0 spiro atoms. The van der Waals surface area contributed by atoms with Gasteiger partial charge in [0, 0.05) is 30.8 Å². The molecule has 1 aromatic carbocycles. The summed E-state index contributed by atoms with van der Waals surface area (Å²) in [4.78, 5) is 18.8. The van der Waals surface area contributed by atoms with E-state index in [-0.39, 0.29) is 41.0 Å². The molecule has 186 valence electrons. The van der Waals surface area contributed by atoms with Crippen molar-refractivity contribution in [2.45, 2.75) is 45.7 Å². The van der Waals surface area contributed by atoms with E-state index in [9.17, 15) is 18.7 Å². The van der Waals surface area contributed by atoms with Crippen molar-refractivity contribution < 1.29 is 18.7 Å². The number of pyridine rings is 1. The molecule has 0 amide bonds. The Bertz CT molecular complexity index is 1230. The third kappa shape index (κ3) is 5.58. The summed E-state index contributed by atoms with van der Waals surface area (Å²) < 4.78 is 28.7. The maximum atomic E-state index is 14.7. The van der Waals surface area contributed by atoms with Crippen molar-refractivity contribution in [3.05, 3.63) is 69.0 Å². The van der Waals surface area contributed by atoms with Crippen LogP contribution in [-0.4, -0.2) is 43.7 Å². The Kier molecular flexibility index (Phi) is 7.30. The second-order valence-corrected chi connectivity index (χ2v) is 9.88. The Balaban J connectivity index is 1.51. The lowest BCUT2D eigenvalue weighted by atomic mass is 9.72. The van der Waals surface area contributed by atoms with E-state index >= 15 is 0 Å². The maximum absolute atomic E-state index is 14.7. The van der Waals surface area contributed by atoms with Gasteiger partial charge in [0.15, 0.2) is 5.82 Å². The number of anilines is 2. The van der Waals surface area contributed by atoms with Gasteiger partial charge in [0.2, 0.25) is 0 Å². The van der Waals surface area contributed by atoms with E-state index in [0.29, 0.717) is 30.3 Å². The standard InChI is InChI=1S/C24H25Cl2F2N5O2/c1-13-7-21(32-31-13)30-20-4-3-17(27)19(29-20)11-24(23(34)35)5-6-33(14(2)10-24)12-15-8-16(25)22(26)18(28)9-15/h3-4,7-9,14H,5-6,10-12H2,1-2H3,(H,34,35)(H2,29,30,31,32)/t14-,24-/m1/s1. The zero-order valence-electron chi connectivity index (χ0n) is 19.2. The number of aliphatic carboxylic acids is 1. The molecule has 2 aromatic heterocycles. The molecule has 0 bridgehead atoms. The smallest absolute Gasteiger partial charge is 0.310 e. The molecule has 3 N–H and O–H groups in total. The van der Waals surface area contributed by atoms with Crippen molar-refractivity contribution in [1.82, 2.24) is 20.1 Å². The topological polar surface area (TPSA) is 94.1 Å². The monoisotopic (exact) mass is 523 g/mol. The normalized spacial score (nSPS) is 20.7. The van der Waals surface area contributed by atoms with Crippen LogP contribution >= 0.6 is 23.2 Å². The van der Waals surface area contributed by atoms with E-state index in [0.717, 1.165) is 5.69 Å². The molecule has 0 radical (unpaired) electrons. The summed E-state index contributed by atoms with van der Waals surface area (Å²) >= 11 is 11.8. The Morgan fingerprint density at radius 3 is 2.66 bits per heavy atom. The number of benzene rings is 1. The van der Waals surface area contributed by atoms with Gasteiger partial charge < -0.3 is 10.4 Å². The first kappa shape index (κ1) is 25.3. The molecule has 0 unspecified atom stereocenters. The summed E-state index contributed by atoms with van der Waals surface area (Å²) in [6, 6.07) is 7.32. The number of H-pyrrole nitrogens is 1. The number of carboxylic acid groups (broad SMARTS) is 1. The number of hydrogen-bond donors (Lipinski definition) is 3. The summed E-state index contributed by atoms with van der Waals surface area (Å²) in [6.45, 7) is 4.58. The van der Waals surface area contributed by atoms with Gasteiger partial charge in [-0.05, 0) is 63.1 Å². The van der Waals surface area contributed by atoms with Crippen molar-refractivity contribution in [2.75, 3.05) is 11.9 Å². The van der Waals surface area contributed by atoms with Gasteiger partial charge in [-0.15, -0.1) is 0 Å². The van der Waals surface area contributed by atoms with Gasteiger partial charge in [0.05, 0.1) is 21.2 Å². The number of carbonyl (C=O) groups is 1. The number of halogens is 4. The van der Waals surface area contributed by atoms with Gasteiger partial charge in [-0.2, -0.15) is 5.10 Å². The summed E-state index contributed by atoms with van der Waals surface area (Å²) in [5.74, 6) is -1.25. The van der Waals surface area contributed by atoms with Crippen LogP contribution in [0.2, 0.25) is 10.0 Å². The Morgan fingerprint density at radius 1 is 1.26 bits per heavy atom. The second-order valence-electron chi connectivity index (χ2n) is 9.10. The maximum Gasteiger partial charge on any atom is 0.310 e. The van der Waals surface area contributed by atoms with Crippen LogP contribution in [0, 0.1) is 24.0 Å². The number of nitrogens with zero attached hydrogens (tertiary/aromatic N) is 3. The molecule has 11 heteroatoms. The third-order valence-corrected chi connectivity index (χ3v) is 7.24. The fourth-order valence-electron chi connectivity index (χ4n) is 4.59. The van der Waals surface area contributed by atoms with Gasteiger partial charge in [-0.3, -0.25) is 14.8 Å². The predicted molar refractivity (Wildman–Crippen MR) is 130 cm³/mol. The highest BCUT2D eigenvalue weighted by Gasteiger charge is 2.45. The van der Waals surface area contributed by atoms with Gasteiger partial charge in [-0.25, -0.2) is 13.8 Å². The van der Waals surface area contributed by atoms with E-state index in [4.69, 9.17) is 23.2 Å². The first-order valence-corrected chi connectivity index (χ1v) is 11.9. The molecule has 3 heterocycles. The van der Waals surface area contributed by atoms with E-state index in [1.807, 2.05) is 13.8 Å². The van der Waals surface area contributed by atoms with E-state index in [1.165, 1.54) is 18.2 Å². The van der Waals surface area contributed by atoms with Crippen molar-refractivity contribution in [3.63, 3.8) is 0 Å². The van der Waals surface area contributed by atoms with Crippen LogP contribution in [0.15, 0.2) is 30.3 Å². The lowest BCUT2D eigenvalue weighted by Gasteiger charge is -2.43. The number of aromatic nitrogens is 3. The van der Waals surface area contributed by atoms with Crippen LogP contribution in [0.4, 0.5) is 20.4 Å². The van der Waals surface area contributed by atoms with Crippen LogP contribution < -0.4 is 5.32 Å². The quantitative estimate of drug-likeness (QED) is 0.342. The Labute approximate surface area is 211 Å². The molecule has 0 saturated carbocycles. The number of piperidine rings is 1. The Hall–Kier alpha value is -2.75. The highest BCUT2D eigenvalue weighted by molar-refractivity contribution is 6.42. The summed E-state index contributed by atoms with van der Waals surface area (Å²) in [7, 11) is 0. The molecule has 4 rings (SSSR count). The summed E-state index contributed by atoms with van der Waals surface area (Å²) in [6.07, 6.45) is 0.514. The third-order valence-electron chi connectivity index (χ3n) is 6.46. The predicted octanol–water partition coefficient (Wildman–Crippen LogP) is 5.74. The molecule has 2 atom stereocenters. The zero-order chi connectivity index (χ0) is 25.3. The number of aromatic amines is 1. The molecular weight excluding hydrogens is 499 g/mol. The highest BCUT2D eigenvalue weighted by atomic mass is 35.5. The molecule has 7 nitrogen and oxygen atoms in total. The van der Waals surface area contributed by atoms with E-state index < -0.39 is 23.0 Å². The second kappa shape index (κ2) is 10.1. The molecular formula is C24H25Cl2F2N5O2. The average molecular weight is 524 g/mol. The number of likely N-dealkylation sites (tertiary alicyclic amines) is 1. The van der Waals surface area contributed by atoms with Gasteiger partial charge in [0.25, 0.3) is 0 Å². The minimum Gasteiger partial charge on any atom is -0.481 e. The number of hydrogen-bond acceptors (Lipinski definition) is 5. The van der Waals surface area contributed by atoms with Crippen LogP contribution in [0.3, 0.4) is 0 Å². The van der Waals surface area contributed by atoms with Crippen molar-refractivity contribution in [2.24, 2.45) is 5.41 Å². The number of rotatable bonds is 7. The Morgan fingerprint density at radius 2 is 2.03 bits per heavy atom. The van der Waals surface area contributed by atoms with Crippen molar-refractivity contribution in [3.8, 4) is 0 Å². The highest BCUT2D eigenvalue weighted by Crippen LogP contribution is 2.39. The SMILES string of the molecule is Cc1cc(Nc2ccc(F)c(C[C@@]3(C(=O)O)CCN(Cc4cc(F)c(Cl)c(Cl)c4)[C@H](C)C3)n2)n[nH]1. The van der Waals surface area contributed by atoms with Crippen LogP contribution in [0.5, 0.6) is 0 Å². The van der Waals surface area contributed by atoms with E-state index in [2.05, 4.69) is 25.4 Å². The number of carboxylic acids is 1.